The Kier molecular flexibility index (Phi) is 5.19. The lowest BCUT2D eigenvalue weighted by Crippen LogP contribution is -2.48. The molecule has 2 aromatic carbocycles. The molecule has 0 unspecified atom stereocenters. The predicted octanol–water partition coefficient (Wildman–Crippen LogP) is 2.37. The number of nitriles is 1. The van der Waals surface area contributed by atoms with Crippen LogP contribution in [0.25, 0.3) is 0 Å². The maximum atomic E-state index is 12.9. The second kappa shape index (κ2) is 7.36. The minimum atomic E-state index is -3.57. The molecule has 130 valence electrons. The van der Waals surface area contributed by atoms with Gasteiger partial charge in [0, 0.05) is 32.7 Å². The summed E-state index contributed by atoms with van der Waals surface area (Å²) < 4.78 is 27.4. The lowest BCUT2D eigenvalue weighted by atomic mass is 10.2. The van der Waals surface area contributed by atoms with Gasteiger partial charge < -0.3 is 0 Å². The molecule has 3 rings (SSSR count). The summed E-state index contributed by atoms with van der Waals surface area (Å²) in [6.45, 7) is 4.92. The van der Waals surface area contributed by atoms with Crippen molar-refractivity contribution in [3.63, 3.8) is 0 Å². The molecule has 0 atom stereocenters. The zero-order valence-electron chi connectivity index (χ0n) is 14.2. The van der Waals surface area contributed by atoms with Crippen LogP contribution in [0.3, 0.4) is 0 Å². The molecule has 1 aliphatic rings. The average molecular weight is 355 g/mol. The summed E-state index contributed by atoms with van der Waals surface area (Å²) in [5, 5.41) is 9.04. The van der Waals surface area contributed by atoms with E-state index in [1.54, 1.807) is 19.1 Å². The quantitative estimate of drug-likeness (QED) is 0.845. The van der Waals surface area contributed by atoms with E-state index < -0.39 is 10.0 Å². The third-order valence-corrected chi connectivity index (χ3v) is 6.56. The van der Waals surface area contributed by atoms with Crippen LogP contribution in [0.5, 0.6) is 0 Å². The Balaban J connectivity index is 1.71. The fraction of sp³-hybridized carbons (Fsp3) is 0.316. The van der Waals surface area contributed by atoms with Crippen LogP contribution in [0, 0.1) is 18.3 Å². The highest BCUT2D eigenvalue weighted by molar-refractivity contribution is 7.89. The van der Waals surface area contributed by atoms with Crippen LogP contribution < -0.4 is 0 Å². The highest BCUT2D eigenvalue weighted by Gasteiger charge is 2.29. The Bertz CT molecular complexity index is 881. The van der Waals surface area contributed by atoms with Crippen molar-refractivity contribution in [2.45, 2.75) is 18.4 Å². The van der Waals surface area contributed by atoms with E-state index in [9.17, 15) is 8.42 Å². The lowest BCUT2D eigenvalue weighted by Gasteiger charge is -2.34. The van der Waals surface area contributed by atoms with Gasteiger partial charge >= 0.3 is 0 Å². The summed E-state index contributed by atoms with van der Waals surface area (Å²) in [4.78, 5) is 2.50. The van der Waals surface area contributed by atoms with Gasteiger partial charge in [0.15, 0.2) is 0 Å². The highest BCUT2D eigenvalue weighted by atomic mass is 32.2. The van der Waals surface area contributed by atoms with Crippen molar-refractivity contribution in [3.8, 4) is 6.07 Å². The van der Waals surface area contributed by atoms with E-state index in [1.807, 2.05) is 24.3 Å². The third-order valence-electron chi connectivity index (χ3n) is 4.52. The Labute approximate surface area is 149 Å². The summed E-state index contributed by atoms with van der Waals surface area (Å²) in [6, 6.07) is 17.0. The molecule has 2 aromatic rings. The van der Waals surface area contributed by atoms with Gasteiger partial charge in [-0.25, -0.2) is 8.42 Å². The van der Waals surface area contributed by atoms with Crippen LogP contribution >= 0.6 is 0 Å². The summed E-state index contributed by atoms with van der Waals surface area (Å²) in [6.07, 6.45) is 0. The first-order valence-corrected chi connectivity index (χ1v) is 9.72. The van der Waals surface area contributed by atoms with E-state index in [1.165, 1.54) is 15.9 Å². The molecule has 0 N–H and O–H groups in total. The molecule has 1 heterocycles. The molecule has 0 aliphatic carbocycles. The van der Waals surface area contributed by atoms with E-state index in [4.69, 9.17) is 5.26 Å². The second-order valence-corrected chi connectivity index (χ2v) is 8.16. The van der Waals surface area contributed by atoms with Crippen LogP contribution in [-0.2, 0) is 16.6 Å². The zero-order valence-corrected chi connectivity index (χ0v) is 15.0. The van der Waals surface area contributed by atoms with Gasteiger partial charge in [-0.2, -0.15) is 9.57 Å². The number of aryl methyl sites for hydroxylation is 1. The summed E-state index contributed by atoms with van der Waals surface area (Å²) in [7, 11) is -3.57. The topological polar surface area (TPSA) is 64.4 Å². The summed E-state index contributed by atoms with van der Waals surface area (Å²) in [5.41, 5.74) is 2.27. The van der Waals surface area contributed by atoms with Gasteiger partial charge in [0.05, 0.1) is 16.5 Å². The summed E-state index contributed by atoms with van der Waals surface area (Å²) >= 11 is 0. The number of benzene rings is 2. The molecule has 6 heteroatoms. The van der Waals surface area contributed by atoms with Crippen LogP contribution in [0.2, 0.25) is 0 Å². The molecule has 0 aromatic heterocycles. The Morgan fingerprint density at radius 1 is 1.04 bits per heavy atom. The number of hydrogen-bond donors (Lipinski definition) is 0. The molecule has 25 heavy (non-hydrogen) atoms. The number of nitrogens with zero attached hydrogens (tertiary/aromatic N) is 3. The average Bonchev–Trinajstić information content (AvgIpc) is 2.63. The first kappa shape index (κ1) is 17.6. The largest absolute Gasteiger partial charge is 0.296 e. The highest BCUT2D eigenvalue weighted by Crippen LogP contribution is 2.22. The maximum absolute atomic E-state index is 12.9. The maximum Gasteiger partial charge on any atom is 0.243 e. The standard InChI is InChI=1S/C19H21N3O2S/c1-16-7-8-18(14-20)13-19(16)25(23,24)22-11-9-21(10-12-22)15-17-5-3-2-4-6-17/h2-8,13H,9-12,15H2,1H3. The number of rotatable bonds is 4. The molecular formula is C19H21N3O2S. The smallest absolute Gasteiger partial charge is 0.243 e. The molecule has 0 radical (unpaired) electrons. The Hall–Kier alpha value is -2.20. The number of sulfonamides is 1. The molecule has 0 saturated carbocycles. The van der Waals surface area contributed by atoms with Crippen molar-refractivity contribution in [3.05, 3.63) is 65.2 Å². The van der Waals surface area contributed by atoms with Gasteiger partial charge in [-0.15, -0.1) is 0 Å². The van der Waals surface area contributed by atoms with Crippen LogP contribution in [-0.4, -0.2) is 43.8 Å². The van der Waals surface area contributed by atoms with Crippen molar-refractivity contribution in [1.29, 1.82) is 5.26 Å². The fourth-order valence-corrected chi connectivity index (χ4v) is 4.73. The number of hydrogen-bond acceptors (Lipinski definition) is 4. The molecule has 1 aliphatic heterocycles. The molecule has 1 fully saturated rings. The van der Waals surface area contributed by atoms with E-state index >= 15 is 0 Å². The Morgan fingerprint density at radius 2 is 1.72 bits per heavy atom. The first-order valence-electron chi connectivity index (χ1n) is 8.28. The molecule has 0 bridgehead atoms. The van der Waals surface area contributed by atoms with E-state index in [0.717, 1.165) is 6.54 Å². The minimum Gasteiger partial charge on any atom is -0.296 e. The molecule has 1 saturated heterocycles. The Morgan fingerprint density at radius 3 is 2.36 bits per heavy atom. The third kappa shape index (κ3) is 3.90. The normalized spacial score (nSPS) is 16.5. The predicted molar refractivity (Wildman–Crippen MR) is 96.4 cm³/mol. The summed E-state index contributed by atoms with van der Waals surface area (Å²) in [5.74, 6) is 0. The van der Waals surface area contributed by atoms with Crippen molar-refractivity contribution >= 4 is 10.0 Å². The monoisotopic (exact) mass is 355 g/mol. The zero-order chi connectivity index (χ0) is 17.9. The second-order valence-electron chi connectivity index (χ2n) is 6.26. The van der Waals surface area contributed by atoms with E-state index in [2.05, 4.69) is 17.0 Å². The van der Waals surface area contributed by atoms with E-state index in [0.29, 0.717) is 37.3 Å². The van der Waals surface area contributed by atoms with Crippen molar-refractivity contribution in [2.24, 2.45) is 0 Å². The van der Waals surface area contributed by atoms with Crippen LogP contribution in [0.15, 0.2) is 53.4 Å². The van der Waals surface area contributed by atoms with E-state index in [-0.39, 0.29) is 4.90 Å². The molecule has 0 spiro atoms. The van der Waals surface area contributed by atoms with Crippen LogP contribution in [0.1, 0.15) is 16.7 Å². The molecule has 5 nitrogen and oxygen atoms in total. The molecular weight excluding hydrogens is 334 g/mol. The minimum absolute atomic E-state index is 0.239. The molecule has 0 amide bonds. The SMILES string of the molecule is Cc1ccc(C#N)cc1S(=O)(=O)N1CCN(Cc2ccccc2)CC1. The van der Waals surface area contributed by atoms with Gasteiger partial charge in [0.25, 0.3) is 0 Å². The lowest BCUT2D eigenvalue weighted by molar-refractivity contribution is 0.181. The van der Waals surface area contributed by atoms with Gasteiger partial charge in [0.2, 0.25) is 10.0 Å². The van der Waals surface area contributed by atoms with Gasteiger partial charge in [-0.3, -0.25) is 4.90 Å². The van der Waals surface area contributed by atoms with Gasteiger partial charge in [-0.05, 0) is 30.2 Å². The van der Waals surface area contributed by atoms with Crippen molar-refractivity contribution in [2.75, 3.05) is 26.2 Å². The van der Waals surface area contributed by atoms with Crippen molar-refractivity contribution < 1.29 is 8.42 Å². The number of piperazine rings is 1. The fourth-order valence-electron chi connectivity index (χ4n) is 3.06. The van der Waals surface area contributed by atoms with Crippen molar-refractivity contribution in [1.82, 2.24) is 9.21 Å². The van der Waals surface area contributed by atoms with Gasteiger partial charge in [0.1, 0.15) is 0 Å². The first-order chi connectivity index (χ1) is 12.0. The van der Waals surface area contributed by atoms with Gasteiger partial charge in [-0.1, -0.05) is 36.4 Å². The van der Waals surface area contributed by atoms with Crippen LogP contribution in [0.4, 0.5) is 0 Å².